The number of nitrogens with one attached hydrogen (secondary N) is 1. The van der Waals surface area contributed by atoms with Crippen molar-refractivity contribution in [3.8, 4) is 5.75 Å². The van der Waals surface area contributed by atoms with Crippen molar-refractivity contribution in [2.75, 3.05) is 13.2 Å². The number of benzene rings is 2. The number of halogens is 1. The predicted molar refractivity (Wildman–Crippen MR) is 116 cm³/mol. The molecule has 0 radical (unpaired) electrons. The summed E-state index contributed by atoms with van der Waals surface area (Å²) in [6.07, 6.45) is 0.830. The molecule has 5 nitrogen and oxygen atoms in total. The molecule has 2 aromatic carbocycles. The van der Waals surface area contributed by atoms with E-state index >= 15 is 0 Å². The Kier molecular flexibility index (Phi) is 8.52. The second-order valence-corrected chi connectivity index (χ2v) is 7.61. The van der Waals surface area contributed by atoms with Crippen molar-refractivity contribution in [3.63, 3.8) is 0 Å². The number of hydrogen-bond acceptors (Lipinski definition) is 3. The quantitative estimate of drug-likeness (QED) is 0.663. The van der Waals surface area contributed by atoms with E-state index in [9.17, 15) is 9.59 Å². The van der Waals surface area contributed by atoms with Crippen LogP contribution in [0.15, 0.2) is 42.5 Å². The molecule has 0 bridgehead atoms. The maximum absolute atomic E-state index is 13.0. The fourth-order valence-corrected chi connectivity index (χ4v) is 3.21. The van der Waals surface area contributed by atoms with Crippen LogP contribution in [0.25, 0.3) is 0 Å². The zero-order valence-corrected chi connectivity index (χ0v) is 18.3. The average Bonchev–Trinajstić information content (AvgIpc) is 2.69. The Morgan fingerprint density at radius 1 is 1.17 bits per heavy atom. The van der Waals surface area contributed by atoms with Crippen LogP contribution in [0.4, 0.5) is 0 Å². The topological polar surface area (TPSA) is 58.6 Å². The summed E-state index contributed by atoms with van der Waals surface area (Å²) in [6.45, 7) is 8.36. The van der Waals surface area contributed by atoms with Crippen molar-refractivity contribution in [1.29, 1.82) is 0 Å². The molecule has 0 saturated carbocycles. The van der Waals surface area contributed by atoms with E-state index in [4.69, 9.17) is 16.3 Å². The molecule has 2 rings (SSSR count). The second-order valence-electron chi connectivity index (χ2n) is 7.18. The SMILES string of the molecule is CCCNC(=O)[C@H](C)N(Cc1cccc(Cl)c1)C(=O)COc1ccc(C)cc1C. The normalized spacial score (nSPS) is 11.6. The van der Waals surface area contributed by atoms with Gasteiger partial charge < -0.3 is 15.0 Å². The molecular weight excluding hydrogens is 388 g/mol. The molecule has 0 aliphatic carbocycles. The van der Waals surface area contributed by atoms with Gasteiger partial charge in [0.05, 0.1) is 0 Å². The molecule has 1 atom stereocenters. The van der Waals surface area contributed by atoms with Crippen LogP contribution in [0.3, 0.4) is 0 Å². The second kappa shape index (κ2) is 10.9. The lowest BCUT2D eigenvalue weighted by Gasteiger charge is -2.29. The van der Waals surface area contributed by atoms with Crippen LogP contribution in [-0.4, -0.2) is 35.9 Å². The first kappa shape index (κ1) is 22.8. The third-order valence-corrected chi connectivity index (χ3v) is 4.88. The van der Waals surface area contributed by atoms with Gasteiger partial charge >= 0.3 is 0 Å². The summed E-state index contributed by atoms with van der Waals surface area (Å²) in [7, 11) is 0. The number of rotatable bonds is 9. The lowest BCUT2D eigenvalue weighted by Crippen LogP contribution is -2.49. The third-order valence-electron chi connectivity index (χ3n) is 4.64. The minimum atomic E-state index is -0.629. The lowest BCUT2D eigenvalue weighted by atomic mass is 10.1. The van der Waals surface area contributed by atoms with Gasteiger partial charge in [0.15, 0.2) is 6.61 Å². The van der Waals surface area contributed by atoms with Crippen molar-refractivity contribution < 1.29 is 14.3 Å². The van der Waals surface area contributed by atoms with Gasteiger partial charge in [-0.15, -0.1) is 0 Å². The molecule has 0 aliphatic heterocycles. The molecular formula is C23H29ClN2O3. The van der Waals surface area contributed by atoms with Gasteiger partial charge in [0.1, 0.15) is 11.8 Å². The maximum Gasteiger partial charge on any atom is 0.261 e. The Morgan fingerprint density at radius 2 is 1.93 bits per heavy atom. The first-order valence-corrected chi connectivity index (χ1v) is 10.2. The highest BCUT2D eigenvalue weighted by Crippen LogP contribution is 2.19. The molecule has 2 aromatic rings. The van der Waals surface area contributed by atoms with Gasteiger partial charge in [0, 0.05) is 18.1 Å². The van der Waals surface area contributed by atoms with E-state index in [-0.39, 0.29) is 25.0 Å². The summed E-state index contributed by atoms with van der Waals surface area (Å²) in [6, 6.07) is 12.5. The molecule has 0 saturated heterocycles. The Bertz CT molecular complexity index is 854. The van der Waals surface area contributed by atoms with E-state index < -0.39 is 6.04 Å². The lowest BCUT2D eigenvalue weighted by molar-refractivity contribution is -0.142. The molecule has 156 valence electrons. The van der Waals surface area contributed by atoms with Crippen LogP contribution in [0.2, 0.25) is 5.02 Å². The van der Waals surface area contributed by atoms with Gasteiger partial charge in [-0.05, 0) is 56.5 Å². The standard InChI is InChI=1S/C23H29ClN2O3/c1-5-11-25-23(28)18(4)26(14-19-7-6-8-20(24)13-19)22(27)15-29-21-10-9-16(2)12-17(21)3/h6-10,12-13,18H,5,11,14-15H2,1-4H3,(H,25,28)/t18-/m0/s1. The number of hydrogen-bond donors (Lipinski definition) is 1. The summed E-state index contributed by atoms with van der Waals surface area (Å²) in [4.78, 5) is 27.0. The van der Waals surface area contributed by atoms with Crippen LogP contribution in [0.1, 0.15) is 37.0 Å². The van der Waals surface area contributed by atoms with Crippen LogP contribution >= 0.6 is 11.6 Å². The summed E-state index contributed by atoms with van der Waals surface area (Å²) >= 11 is 6.08. The van der Waals surface area contributed by atoms with Crippen molar-refractivity contribution >= 4 is 23.4 Å². The highest BCUT2D eigenvalue weighted by Gasteiger charge is 2.26. The van der Waals surface area contributed by atoms with Gasteiger partial charge in [-0.1, -0.05) is 48.4 Å². The zero-order valence-electron chi connectivity index (χ0n) is 17.5. The van der Waals surface area contributed by atoms with Crippen molar-refractivity contribution in [1.82, 2.24) is 10.2 Å². The first-order chi connectivity index (χ1) is 13.8. The number of amides is 2. The Balaban J connectivity index is 2.15. The van der Waals surface area contributed by atoms with E-state index in [1.54, 1.807) is 19.1 Å². The molecule has 0 heterocycles. The molecule has 0 aromatic heterocycles. The van der Waals surface area contributed by atoms with Gasteiger partial charge in [0.25, 0.3) is 5.91 Å². The molecule has 0 unspecified atom stereocenters. The van der Waals surface area contributed by atoms with E-state index in [0.29, 0.717) is 17.3 Å². The number of aryl methyl sites for hydroxylation is 2. The van der Waals surface area contributed by atoms with Gasteiger partial charge in [-0.25, -0.2) is 0 Å². The smallest absolute Gasteiger partial charge is 0.261 e. The van der Waals surface area contributed by atoms with Crippen LogP contribution < -0.4 is 10.1 Å². The van der Waals surface area contributed by atoms with E-state index in [1.807, 2.05) is 51.1 Å². The van der Waals surface area contributed by atoms with Crippen LogP contribution in [0.5, 0.6) is 5.75 Å². The zero-order chi connectivity index (χ0) is 21.4. The molecule has 6 heteroatoms. The summed E-state index contributed by atoms with van der Waals surface area (Å²) in [5.41, 5.74) is 2.95. The number of nitrogens with zero attached hydrogens (tertiary/aromatic N) is 1. The van der Waals surface area contributed by atoms with Crippen molar-refractivity contribution in [2.24, 2.45) is 0 Å². The van der Waals surface area contributed by atoms with E-state index in [1.165, 1.54) is 4.90 Å². The van der Waals surface area contributed by atoms with Gasteiger partial charge in [-0.3, -0.25) is 9.59 Å². The summed E-state index contributed by atoms with van der Waals surface area (Å²) in [5, 5.41) is 3.44. The van der Waals surface area contributed by atoms with Gasteiger partial charge in [0.2, 0.25) is 5.91 Å². The van der Waals surface area contributed by atoms with Gasteiger partial charge in [-0.2, -0.15) is 0 Å². The molecule has 1 N–H and O–H groups in total. The maximum atomic E-state index is 13.0. The highest BCUT2D eigenvalue weighted by atomic mass is 35.5. The third kappa shape index (κ3) is 6.79. The number of ether oxygens (including phenoxy) is 1. The minimum absolute atomic E-state index is 0.143. The fraction of sp³-hybridized carbons (Fsp3) is 0.391. The minimum Gasteiger partial charge on any atom is -0.483 e. The van der Waals surface area contributed by atoms with Crippen molar-refractivity contribution in [3.05, 3.63) is 64.2 Å². The van der Waals surface area contributed by atoms with Crippen LogP contribution in [0, 0.1) is 13.8 Å². The summed E-state index contributed by atoms with van der Waals surface area (Å²) < 4.78 is 5.76. The fourth-order valence-electron chi connectivity index (χ4n) is 2.99. The Hall–Kier alpha value is -2.53. The summed E-state index contributed by atoms with van der Waals surface area (Å²) in [5.74, 6) is 0.215. The molecule has 2 amide bonds. The monoisotopic (exact) mass is 416 g/mol. The largest absolute Gasteiger partial charge is 0.483 e. The predicted octanol–water partition coefficient (Wildman–Crippen LogP) is 4.28. The van der Waals surface area contributed by atoms with E-state index in [0.717, 1.165) is 23.1 Å². The molecule has 0 spiro atoms. The van der Waals surface area contributed by atoms with Crippen LogP contribution in [-0.2, 0) is 16.1 Å². The van der Waals surface area contributed by atoms with Crippen molar-refractivity contribution in [2.45, 2.75) is 46.7 Å². The molecule has 0 aliphatic rings. The number of carbonyl (C=O) groups is 2. The van der Waals surface area contributed by atoms with E-state index in [2.05, 4.69) is 5.32 Å². The first-order valence-electron chi connectivity index (χ1n) is 9.83. The highest BCUT2D eigenvalue weighted by molar-refractivity contribution is 6.30. The molecule has 0 fully saturated rings. The Morgan fingerprint density at radius 3 is 2.59 bits per heavy atom. The Labute approximate surface area is 178 Å². The number of carbonyl (C=O) groups excluding carboxylic acids is 2. The average molecular weight is 417 g/mol. The molecule has 29 heavy (non-hydrogen) atoms.